The van der Waals surface area contributed by atoms with Crippen LogP contribution in [0.5, 0.6) is 0 Å². The lowest BCUT2D eigenvalue weighted by Crippen LogP contribution is -2.64. The van der Waals surface area contributed by atoms with Crippen LogP contribution in [0.15, 0.2) is 0 Å². The molecular formula is C10H20N4O. The Balaban J connectivity index is 1.89. The third kappa shape index (κ3) is 2.68. The number of carbonyl (C=O) groups excluding carboxylic acids is 1. The molecule has 0 spiro atoms. The lowest BCUT2D eigenvalue weighted by molar-refractivity contribution is -0.127. The van der Waals surface area contributed by atoms with Crippen LogP contribution in [0.3, 0.4) is 0 Å². The van der Waals surface area contributed by atoms with Gasteiger partial charge in [-0.3, -0.25) is 15.0 Å². The zero-order valence-electron chi connectivity index (χ0n) is 9.20. The van der Waals surface area contributed by atoms with E-state index in [9.17, 15) is 4.79 Å². The Hall–Kier alpha value is -0.650. The summed E-state index contributed by atoms with van der Waals surface area (Å²) < 4.78 is 0. The molecule has 0 aromatic rings. The number of nitrogens with one attached hydrogen (secondary N) is 2. The first-order chi connectivity index (χ1) is 7.15. The third-order valence-electron chi connectivity index (χ3n) is 3.17. The van der Waals surface area contributed by atoms with E-state index in [1.165, 1.54) is 0 Å². The number of nitrogens with two attached hydrogens (primary N) is 1. The smallest absolute Gasteiger partial charge is 0.223 e. The van der Waals surface area contributed by atoms with Crippen molar-refractivity contribution in [1.82, 2.24) is 15.5 Å². The first-order valence-corrected chi connectivity index (χ1v) is 5.70. The van der Waals surface area contributed by atoms with E-state index in [4.69, 9.17) is 5.73 Å². The van der Waals surface area contributed by atoms with Crippen LogP contribution in [0.4, 0.5) is 0 Å². The molecule has 2 aliphatic rings. The maximum Gasteiger partial charge on any atom is 0.223 e. The Kier molecular flexibility index (Phi) is 3.23. The van der Waals surface area contributed by atoms with Crippen LogP contribution in [-0.4, -0.2) is 42.3 Å². The Morgan fingerprint density at radius 3 is 2.67 bits per heavy atom. The number of hydrogen-bond acceptors (Lipinski definition) is 4. The molecule has 5 heteroatoms. The molecule has 0 bridgehead atoms. The Labute approximate surface area is 90.4 Å². The summed E-state index contributed by atoms with van der Waals surface area (Å²) >= 11 is 0. The van der Waals surface area contributed by atoms with E-state index in [0.29, 0.717) is 12.5 Å². The fraction of sp³-hybridized carbons (Fsp3) is 0.900. The van der Waals surface area contributed by atoms with Gasteiger partial charge in [0.2, 0.25) is 5.91 Å². The van der Waals surface area contributed by atoms with E-state index in [1.54, 1.807) is 0 Å². The summed E-state index contributed by atoms with van der Waals surface area (Å²) in [4.78, 5) is 13.6. The summed E-state index contributed by atoms with van der Waals surface area (Å²) in [7, 11) is 0. The van der Waals surface area contributed by atoms with Crippen molar-refractivity contribution in [3.05, 3.63) is 0 Å². The minimum Gasteiger partial charge on any atom is -0.328 e. The van der Waals surface area contributed by atoms with Gasteiger partial charge in [-0.2, -0.15) is 0 Å². The molecule has 5 nitrogen and oxygen atoms in total. The summed E-state index contributed by atoms with van der Waals surface area (Å²) in [6.07, 6.45) is 2.61. The Morgan fingerprint density at radius 2 is 2.07 bits per heavy atom. The van der Waals surface area contributed by atoms with Crippen LogP contribution >= 0.6 is 0 Å². The third-order valence-corrected chi connectivity index (χ3v) is 3.17. The average Bonchev–Trinajstić information content (AvgIpc) is 2.17. The quantitative estimate of drug-likeness (QED) is 0.532. The predicted molar refractivity (Wildman–Crippen MR) is 57.9 cm³/mol. The summed E-state index contributed by atoms with van der Waals surface area (Å²) in [5, 5.41) is 6.35. The Morgan fingerprint density at radius 1 is 1.40 bits per heavy atom. The molecule has 2 fully saturated rings. The number of carbonyl (C=O) groups is 1. The van der Waals surface area contributed by atoms with Gasteiger partial charge in [-0.05, 0) is 19.8 Å². The number of likely N-dealkylation sites (tertiary alicyclic amines) is 1. The van der Waals surface area contributed by atoms with E-state index in [2.05, 4.69) is 15.5 Å². The molecule has 0 saturated carbocycles. The zero-order valence-corrected chi connectivity index (χ0v) is 9.20. The largest absolute Gasteiger partial charge is 0.328 e. The van der Waals surface area contributed by atoms with Crippen LogP contribution in [0.2, 0.25) is 0 Å². The molecule has 2 heterocycles. The second-order valence-corrected chi connectivity index (χ2v) is 4.62. The monoisotopic (exact) mass is 212 g/mol. The highest BCUT2D eigenvalue weighted by molar-refractivity contribution is 5.77. The second kappa shape index (κ2) is 4.47. The van der Waals surface area contributed by atoms with Crippen molar-refractivity contribution < 1.29 is 4.79 Å². The molecule has 86 valence electrons. The van der Waals surface area contributed by atoms with Crippen molar-refractivity contribution in [3.8, 4) is 0 Å². The number of nitrogens with zero attached hydrogens (tertiary/aromatic N) is 1. The number of hydrogen-bond donors (Lipinski definition) is 3. The van der Waals surface area contributed by atoms with Crippen LogP contribution in [-0.2, 0) is 4.79 Å². The number of rotatable bonds is 1. The minimum absolute atomic E-state index is 0.00810. The van der Waals surface area contributed by atoms with Crippen LogP contribution in [0.1, 0.15) is 26.2 Å². The summed E-state index contributed by atoms with van der Waals surface area (Å²) in [5.41, 5.74) is 5.85. The minimum atomic E-state index is 0.00810. The van der Waals surface area contributed by atoms with Gasteiger partial charge in [0, 0.05) is 31.6 Å². The zero-order chi connectivity index (χ0) is 10.8. The lowest BCUT2D eigenvalue weighted by atomic mass is 10.1. The highest BCUT2D eigenvalue weighted by atomic mass is 16.2. The SMILES string of the molecule is CC1CC(=O)NC(N2CCC(N)CC2)N1. The second-order valence-electron chi connectivity index (χ2n) is 4.62. The molecule has 0 aromatic heterocycles. The van der Waals surface area contributed by atoms with E-state index in [-0.39, 0.29) is 18.2 Å². The van der Waals surface area contributed by atoms with E-state index < -0.39 is 0 Å². The molecule has 15 heavy (non-hydrogen) atoms. The van der Waals surface area contributed by atoms with Gasteiger partial charge in [0.15, 0.2) is 0 Å². The van der Waals surface area contributed by atoms with Crippen molar-refractivity contribution >= 4 is 5.91 Å². The first-order valence-electron chi connectivity index (χ1n) is 5.70. The van der Waals surface area contributed by atoms with Crippen LogP contribution in [0, 0.1) is 0 Å². The van der Waals surface area contributed by atoms with Gasteiger partial charge in [-0.25, -0.2) is 0 Å². The van der Waals surface area contributed by atoms with Gasteiger partial charge in [-0.15, -0.1) is 0 Å². The molecule has 2 rings (SSSR count). The molecule has 1 amide bonds. The van der Waals surface area contributed by atoms with E-state index >= 15 is 0 Å². The molecule has 2 saturated heterocycles. The lowest BCUT2D eigenvalue weighted by Gasteiger charge is -2.40. The molecule has 4 N–H and O–H groups in total. The molecule has 2 unspecified atom stereocenters. The predicted octanol–water partition coefficient (Wildman–Crippen LogP) is -0.809. The molecule has 2 atom stereocenters. The molecule has 0 aliphatic carbocycles. The van der Waals surface area contributed by atoms with Crippen LogP contribution in [0.25, 0.3) is 0 Å². The van der Waals surface area contributed by atoms with E-state index in [0.717, 1.165) is 25.9 Å². The highest BCUT2D eigenvalue weighted by Crippen LogP contribution is 2.12. The fourth-order valence-corrected chi connectivity index (χ4v) is 2.23. The summed E-state index contributed by atoms with van der Waals surface area (Å²) in [6, 6.07) is 0.595. The van der Waals surface area contributed by atoms with Crippen molar-refractivity contribution in [1.29, 1.82) is 0 Å². The maximum atomic E-state index is 11.4. The van der Waals surface area contributed by atoms with Crippen molar-refractivity contribution in [2.24, 2.45) is 5.73 Å². The van der Waals surface area contributed by atoms with E-state index in [1.807, 2.05) is 6.92 Å². The average molecular weight is 212 g/mol. The van der Waals surface area contributed by atoms with Gasteiger partial charge in [-0.1, -0.05) is 0 Å². The van der Waals surface area contributed by atoms with Crippen molar-refractivity contribution in [2.45, 2.75) is 44.6 Å². The normalized spacial score (nSPS) is 35.2. The van der Waals surface area contributed by atoms with Gasteiger partial charge >= 0.3 is 0 Å². The van der Waals surface area contributed by atoms with Crippen LogP contribution < -0.4 is 16.4 Å². The van der Waals surface area contributed by atoms with Gasteiger partial charge in [0.1, 0.15) is 6.29 Å². The molecule has 2 aliphatic heterocycles. The first kappa shape index (κ1) is 10.9. The van der Waals surface area contributed by atoms with Crippen molar-refractivity contribution in [2.75, 3.05) is 13.1 Å². The standard InChI is InChI=1S/C10H20N4O/c1-7-6-9(15)13-10(12-7)14-4-2-8(11)3-5-14/h7-8,10,12H,2-6,11H2,1H3,(H,13,15). The highest BCUT2D eigenvalue weighted by Gasteiger charge is 2.29. The van der Waals surface area contributed by atoms with Gasteiger partial charge in [0.05, 0.1) is 0 Å². The Bertz CT molecular complexity index is 238. The maximum absolute atomic E-state index is 11.4. The topological polar surface area (TPSA) is 70.4 Å². The van der Waals surface area contributed by atoms with Gasteiger partial charge < -0.3 is 11.1 Å². The summed E-state index contributed by atoms with van der Waals surface area (Å²) in [5.74, 6) is 0.140. The molecule has 0 aromatic carbocycles. The summed E-state index contributed by atoms with van der Waals surface area (Å²) in [6.45, 7) is 3.97. The number of piperidine rings is 1. The number of amides is 1. The van der Waals surface area contributed by atoms with Gasteiger partial charge in [0.25, 0.3) is 0 Å². The molecule has 0 radical (unpaired) electrons. The van der Waals surface area contributed by atoms with Crippen molar-refractivity contribution in [3.63, 3.8) is 0 Å². The molecular weight excluding hydrogens is 192 g/mol. The fourth-order valence-electron chi connectivity index (χ4n) is 2.23.